The number of cyclic esters (lactones) is 1. The van der Waals surface area contributed by atoms with Crippen LogP contribution in [-0.2, 0) is 20.5 Å². The van der Waals surface area contributed by atoms with E-state index in [0.717, 1.165) is 6.07 Å². The normalized spacial score (nSPS) is 15.5. The Labute approximate surface area is 152 Å². The van der Waals surface area contributed by atoms with E-state index in [0.29, 0.717) is 11.3 Å². The molecule has 1 aliphatic heterocycles. The molecule has 0 atom stereocenters. The number of anilines is 1. The maximum Gasteiger partial charge on any atom is 0.417 e. The number of esters is 1. The van der Waals surface area contributed by atoms with Crippen LogP contribution in [0.25, 0.3) is 6.08 Å². The lowest BCUT2D eigenvalue weighted by molar-refractivity contribution is -0.138. The first-order valence-corrected chi connectivity index (χ1v) is 7.81. The number of carbonyl (C=O) groups is 2. The van der Waals surface area contributed by atoms with Crippen molar-refractivity contribution < 1.29 is 27.5 Å². The molecule has 2 aromatic carbocycles. The molecule has 5 nitrogen and oxygen atoms in total. The van der Waals surface area contributed by atoms with Gasteiger partial charge in [0.2, 0.25) is 11.8 Å². The first-order valence-electron chi connectivity index (χ1n) is 7.81. The predicted octanol–water partition coefficient (Wildman–Crippen LogP) is 4.01. The van der Waals surface area contributed by atoms with Crippen LogP contribution >= 0.6 is 0 Å². The summed E-state index contributed by atoms with van der Waals surface area (Å²) in [7, 11) is 0. The summed E-state index contributed by atoms with van der Waals surface area (Å²) in [5, 5.41) is 2.60. The fourth-order valence-corrected chi connectivity index (χ4v) is 2.46. The van der Waals surface area contributed by atoms with Crippen LogP contribution in [-0.4, -0.2) is 17.8 Å². The number of nitrogens with zero attached hydrogens (tertiary/aromatic N) is 1. The van der Waals surface area contributed by atoms with Crippen molar-refractivity contribution in [3.05, 3.63) is 70.9 Å². The van der Waals surface area contributed by atoms with Crippen molar-refractivity contribution in [3.8, 4) is 0 Å². The fourth-order valence-electron chi connectivity index (χ4n) is 2.46. The second-order valence-electron chi connectivity index (χ2n) is 5.68. The average Bonchev–Trinajstić information content (AvgIpc) is 2.96. The van der Waals surface area contributed by atoms with Gasteiger partial charge in [-0.2, -0.15) is 13.2 Å². The van der Waals surface area contributed by atoms with Gasteiger partial charge in [0.15, 0.2) is 5.70 Å². The monoisotopic (exact) mass is 374 g/mol. The topological polar surface area (TPSA) is 67.8 Å². The smallest absolute Gasteiger partial charge is 0.402 e. The Morgan fingerprint density at radius 3 is 2.41 bits per heavy atom. The van der Waals surface area contributed by atoms with Crippen LogP contribution < -0.4 is 5.32 Å². The van der Waals surface area contributed by atoms with E-state index < -0.39 is 23.6 Å². The predicted molar refractivity (Wildman–Crippen MR) is 92.8 cm³/mol. The van der Waals surface area contributed by atoms with E-state index in [1.807, 2.05) is 0 Å². The van der Waals surface area contributed by atoms with E-state index in [-0.39, 0.29) is 17.2 Å². The van der Waals surface area contributed by atoms with Gasteiger partial charge in [0.05, 0.1) is 5.56 Å². The lowest BCUT2D eigenvalue weighted by atomic mass is 10.1. The van der Waals surface area contributed by atoms with Crippen molar-refractivity contribution in [1.29, 1.82) is 0 Å². The van der Waals surface area contributed by atoms with Gasteiger partial charge in [-0.3, -0.25) is 4.79 Å². The SMILES string of the molecule is CC(=O)Nc1ccc(/C=C2/N=C(c3ccccc3C(F)(F)F)OC2=O)cc1. The second-order valence-corrected chi connectivity index (χ2v) is 5.68. The van der Waals surface area contributed by atoms with E-state index in [1.165, 1.54) is 31.2 Å². The van der Waals surface area contributed by atoms with Crippen molar-refractivity contribution in [3.63, 3.8) is 0 Å². The number of hydrogen-bond acceptors (Lipinski definition) is 4. The Morgan fingerprint density at radius 2 is 1.78 bits per heavy atom. The Morgan fingerprint density at radius 1 is 1.11 bits per heavy atom. The molecule has 8 heteroatoms. The number of hydrogen-bond donors (Lipinski definition) is 1. The van der Waals surface area contributed by atoms with Crippen molar-refractivity contribution in [2.45, 2.75) is 13.1 Å². The summed E-state index contributed by atoms with van der Waals surface area (Å²) in [6, 6.07) is 11.2. The van der Waals surface area contributed by atoms with Crippen molar-refractivity contribution in [2.24, 2.45) is 4.99 Å². The van der Waals surface area contributed by atoms with Crippen molar-refractivity contribution >= 4 is 29.5 Å². The second kappa shape index (κ2) is 7.06. The molecular formula is C19H13F3N2O3. The minimum absolute atomic E-state index is 0.116. The van der Waals surface area contributed by atoms with Crippen LogP contribution in [0.4, 0.5) is 18.9 Å². The van der Waals surface area contributed by atoms with Gasteiger partial charge >= 0.3 is 12.1 Å². The van der Waals surface area contributed by atoms with E-state index in [1.54, 1.807) is 24.3 Å². The molecule has 3 rings (SSSR count). The molecule has 0 spiro atoms. The van der Waals surface area contributed by atoms with Gasteiger partial charge in [-0.25, -0.2) is 9.79 Å². The third kappa shape index (κ3) is 4.22. The number of benzene rings is 2. The zero-order valence-electron chi connectivity index (χ0n) is 14.0. The zero-order valence-corrected chi connectivity index (χ0v) is 14.0. The number of ether oxygens (including phenoxy) is 1. The minimum Gasteiger partial charge on any atom is -0.402 e. The number of aliphatic imine (C=N–C) groups is 1. The van der Waals surface area contributed by atoms with Gasteiger partial charge in [-0.05, 0) is 35.9 Å². The number of nitrogens with one attached hydrogen (secondary N) is 1. The van der Waals surface area contributed by atoms with Crippen LogP contribution in [0.1, 0.15) is 23.6 Å². The summed E-state index contributed by atoms with van der Waals surface area (Å²) < 4.78 is 44.3. The Kier molecular flexibility index (Phi) is 4.81. The van der Waals surface area contributed by atoms with Gasteiger partial charge in [0.1, 0.15) is 0 Å². The first-order chi connectivity index (χ1) is 12.7. The van der Waals surface area contributed by atoms with Crippen molar-refractivity contribution in [1.82, 2.24) is 0 Å². The summed E-state index contributed by atoms with van der Waals surface area (Å²) in [5.41, 5.74) is -0.207. The van der Waals surface area contributed by atoms with Crippen LogP contribution in [0.2, 0.25) is 0 Å². The molecule has 0 bridgehead atoms. The van der Waals surface area contributed by atoms with Crippen LogP contribution in [0.15, 0.2) is 59.2 Å². The number of rotatable bonds is 3. The molecule has 0 saturated carbocycles. The molecule has 0 aliphatic carbocycles. The first kappa shape index (κ1) is 18.4. The number of amides is 1. The Hall–Kier alpha value is -3.42. The van der Waals surface area contributed by atoms with Crippen LogP contribution in [0.5, 0.6) is 0 Å². The zero-order chi connectivity index (χ0) is 19.6. The molecule has 0 unspecified atom stereocenters. The highest BCUT2D eigenvalue weighted by atomic mass is 19.4. The lowest BCUT2D eigenvalue weighted by Crippen LogP contribution is -2.14. The maximum atomic E-state index is 13.1. The maximum absolute atomic E-state index is 13.1. The Bertz CT molecular complexity index is 961. The molecule has 1 aliphatic rings. The third-order valence-corrected chi connectivity index (χ3v) is 3.62. The summed E-state index contributed by atoms with van der Waals surface area (Å²) in [6.07, 6.45) is -3.21. The molecule has 1 N–H and O–H groups in total. The van der Waals surface area contributed by atoms with E-state index in [9.17, 15) is 22.8 Å². The molecular weight excluding hydrogens is 361 g/mol. The third-order valence-electron chi connectivity index (χ3n) is 3.62. The molecule has 2 aromatic rings. The van der Waals surface area contributed by atoms with Gasteiger partial charge in [-0.1, -0.05) is 24.3 Å². The van der Waals surface area contributed by atoms with Gasteiger partial charge < -0.3 is 10.1 Å². The van der Waals surface area contributed by atoms with Crippen LogP contribution in [0.3, 0.4) is 0 Å². The van der Waals surface area contributed by atoms with Crippen molar-refractivity contribution in [2.75, 3.05) is 5.32 Å². The molecule has 0 aromatic heterocycles. The molecule has 1 amide bonds. The fraction of sp³-hybridized carbons (Fsp3) is 0.105. The molecule has 1 heterocycles. The number of carbonyl (C=O) groups excluding carboxylic acids is 2. The average molecular weight is 374 g/mol. The minimum atomic E-state index is -4.60. The number of alkyl halides is 3. The highest BCUT2D eigenvalue weighted by molar-refractivity contribution is 6.13. The lowest BCUT2D eigenvalue weighted by Gasteiger charge is -2.11. The molecule has 0 fully saturated rings. The van der Waals surface area contributed by atoms with Gasteiger partial charge in [0.25, 0.3) is 0 Å². The van der Waals surface area contributed by atoms with E-state index in [4.69, 9.17) is 4.74 Å². The number of halogens is 3. The standard InChI is InChI=1S/C19H13F3N2O3/c1-11(25)23-13-8-6-12(7-9-13)10-16-18(26)27-17(24-16)14-4-2-3-5-15(14)19(20,21)22/h2-10H,1H3,(H,23,25)/b16-10+. The molecule has 138 valence electrons. The van der Waals surface area contributed by atoms with Gasteiger partial charge in [0, 0.05) is 18.2 Å². The summed E-state index contributed by atoms with van der Waals surface area (Å²) in [5.74, 6) is -1.46. The van der Waals surface area contributed by atoms with E-state index in [2.05, 4.69) is 10.3 Å². The highest BCUT2D eigenvalue weighted by Gasteiger charge is 2.36. The summed E-state index contributed by atoms with van der Waals surface area (Å²) in [6.45, 7) is 1.37. The molecule has 0 saturated heterocycles. The van der Waals surface area contributed by atoms with Crippen LogP contribution in [0, 0.1) is 0 Å². The van der Waals surface area contributed by atoms with E-state index >= 15 is 0 Å². The quantitative estimate of drug-likeness (QED) is 0.652. The summed E-state index contributed by atoms with van der Waals surface area (Å²) >= 11 is 0. The highest BCUT2D eigenvalue weighted by Crippen LogP contribution is 2.33. The largest absolute Gasteiger partial charge is 0.417 e. The molecule has 27 heavy (non-hydrogen) atoms. The summed E-state index contributed by atoms with van der Waals surface area (Å²) in [4.78, 5) is 26.9. The van der Waals surface area contributed by atoms with Gasteiger partial charge in [-0.15, -0.1) is 0 Å². The molecule has 0 radical (unpaired) electrons. The Balaban J connectivity index is 1.91.